The Hall–Kier alpha value is -5.63. The maximum atomic E-state index is 14.7. The molecule has 0 spiro atoms. The van der Waals surface area contributed by atoms with Crippen molar-refractivity contribution in [3.8, 4) is 0 Å². The molecule has 0 bridgehead atoms. The average molecular weight is 823 g/mol. The largest absolute Gasteiger partial charge is 0.445 e. The zero-order valence-corrected chi connectivity index (χ0v) is 33.6. The number of aromatic nitrogens is 1. The topological polar surface area (TPSA) is 179 Å². The van der Waals surface area contributed by atoms with E-state index in [0.717, 1.165) is 21.4 Å². The third-order valence-electron chi connectivity index (χ3n) is 10.0. The fourth-order valence-corrected chi connectivity index (χ4v) is 8.10. The number of hydrogen-bond donors (Lipinski definition) is 3. The number of guanidine groups is 1. The maximum absolute atomic E-state index is 14.7. The smallest absolute Gasteiger partial charge is 0.408 e. The van der Waals surface area contributed by atoms with Crippen LogP contribution in [-0.4, -0.2) is 70.7 Å². The van der Waals surface area contributed by atoms with Crippen molar-refractivity contribution in [1.29, 1.82) is 0 Å². The van der Waals surface area contributed by atoms with E-state index in [2.05, 4.69) is 15.3 Å². The zero-order chi connectivity index (χ0) is 40.9. The van der Waals surface area contributed by atoms with Gasteiger partial charge in [-0.25, -0.2) is 9.78 Å². The van der Waals surface area contributed by atoms with E-state index in [1.807, 2.05) is 97.1 Å². The van der Waals surface area contributed by atoms with Crippen molar-refractivity contribution in [2.24, 2.45) is 22.4 Å². The summed E-state index contributed by atoms with van der Waals surface area (Å²) >= 11 is 7.38. The number of para-hydroxylation sites is 1. The minimum absolute atomic E-state index is 0.0188. The highest BCUT2D eigenvalue weighted by Crippen LogP contribution is 2.30. The summed E-state index contributed by atoms with van der Waals surface area (Å²) in [5, 5.41) is 3.70. The summed E-state index contributed by atoms with van der Waals surface area (Å²) in [6, 6.07) is 31.7. The number of likely N-dealkylation sites (tertiary alicyclic amines) is 1. The van der Waals surface area contributed by atoms with Gasteiger partial charge in [-0.2, -0.15) is 0 Å². The van der Waals surface area contributed by atoms with E-state index in [0.29, 0.717) is 34.8 Å². The lowest BCUT2D eigenvalue weighted by Gasteiger charge is -2.29. The molecular weight excluding hydrogens is 776 g/mol. The molecular formula is C44H47ClN6O6S. The monoisotopic (exact) mass is 822 g/mol. The normalized spacial score (nSPS) is 16.1. The molecule has 1 aromatic heterocycles. The molecule has 2 amide bonds. The van der Waals surface area contributed by atoms with Gasteiger partial charge in [-0.05, 0) is 66.6 Å². The zero-order valence-electron chi connectivity index (χ0n) is 32.0. The molecule has 6 rings (SSSR count). The van der Waals surface area contributed by atoms with Crippen molar-refractivity contribution in [1.82, 2.24) is 15.2 Å². The van der Waals surface area contributed by atoms with Gasteiger partial charge in [0.15, 0.2) is 22.5 Å². The molecule has 0 radical (unpaired) electrons. The molecule has 0 aliphatic carbocycles. The fourth-order valence-electron chi connectivity index (χ4n) is 6.98. The molecule has 5 N–H and O–H groups in total. The predicted molar refractivity (Wildman–Crippen MR) is 225 cm³/mol. The second-order valence-corrected chi connectivity index (χ2v) is 15.7. The third-order valence-corrected chi connectivity index (χ3v) is 11.3. The summed E-state index contributed by atoms with van der Waals surface area (Å²) in [6.07, 6.45) is 0.304. The molecule has 1 aliphatic heterocycles. The lowest BCUT2D eigenvalue weighted by Crippen LogP contribution is -2.52. The standard InChI is InChI=1S/C44H47ClN6O6S/c45-33-20-17-31(18-21-33)27-56-34-25-37(38(52)24-32(14-9-23-48-43(46)47)40(53)41-49-35-15-7-8-16-39(35)58-41)51(26-34)42(54)36(22-19-29-10-3-1-4-11-29)50-44(55)57-28-30-12-5-2-6-13-30/h1-8,10-13,15-18,20-21,32,34,36-37H,9,14,19,22-28H2,(H,50,55)(H4,46,47,48)/t32-,34-,36-,37+/m1/s1. The van der Waals surface area contributed by atoms with Crippen LogP contribution in [0.3, 0.4) is 0 Å². The number of thiazole rings is 1. The molecule has 14 heteroatoms. The Morgan fingerprint density at radius 2 is 1.53 bits per heavy atom. The number of nitrogens with two attached hydrogens (primary N) is 2. The first-order valence-corrected chi connectivity index (χ1v) is 20.5. The highest BCUT2D eigenvalue weighted by atomic mass is 35.5. The van der Waals surface area contributed by atoms with Crippen LogP contribution in [0.25, 0.3) is 10.2 Å². The highest BCUT2D eigenvalue weighted by Gasteiger charge is 2.43. The first-order chi connectivity index (χ1) is 28.1. The molecule has 2 heterocycles. The van der Waals surface area contributed by atoms with E-state index in [1.165, 1.54) is 16.2 Å². The van der Waals surface area contributed by atoms with Crippen molar-refractivity contribution < 1.29 is 28.7 Å². The lowest BCUT2D eigenvalue weighted by molar-refractivity contribution is -0.139. The van der Waals surface area contributed by atoms with Gasteiger partial charge >= 0.3 is 6.09 Å². The Labute approximate surface area is 346 Å². The number of ketones is 2. The molecule has 1 saturated heterocycles. The number of carbonyl (C=O) groups excluding carboxylic acids is 4. The minimum Gasteiger partial charge on any atom is -0.445 e. The number of Topliss-reactive ketones (excluding diaryl/α,β-unsaturated/α-hetero) is 2. The van der Waals surface area contributed by atoms with Gasteiger partial charge < -0.3 is 31.2 Å². The van der Waals surface area contributed by atoms with Crippen molar-refractivity contribution in [3.05, 3.63) is 136 Å². The number of aryl methyl sites for hydroxylation is 1. The summed E-state index contributed by atoms with van der Waals surface area (Å²) in [4.78, 5) is 66.7. The van der Waals surface area contributed by atoms with Gasteiger partial charge in [-0.3, -0.25) is 19.4 Å². The first-order valence-electron chi connectivity index (χ1n) is 19.3. The number of aliphatic imine (C=N–C) groups is 1. The van der Waals surface area contributed by atoms with Crippen molar-refractivity contribution >= 4 is 62.7 Å². The van der Waals surface area contributed by atoms with E-state index < -0.39 is 36.1 Å². The average Bonchev–Trinajstić information content (AvgIpc) is 3.88. The van der Waals surface area contributed by atoms with Gasteiger partial charge in [0.05, 0.1) is 29.0 Å². The Kier molecular flexibility index (Phi) is 15.0. The molecule has 5 aromatic rings. The number of ether oxygens (including phenoxy) is 2. The Morgan fingerprint density at radius 1 is 0.862 bits per heavy atom. The summed E-state index contributed by atoms with van der Waals surface area (Å²) in [5.74, 6) is -1.79. The fraction of sp³-hybridized carbons (Fsp3) is 0.318. The number of carbonyl (C=O) groups is 4. The number of rotatable bonds is 19. The van der Waals surface area contributed by atoms with Crippen LogP contribution in [-0.2, 0) is 38.7 Å². The van der Waals surface area contributed by atoms with Crippen LogP contribution < -0.4 is 16.8 Å². The summed E-state index contributed by atoms with van der Waals surface area (Å²) in [7, 11) is 0. The minimum atomic E-state index is -1.02. The summed E-state index contributed by atoms with van der Waals surface area (Å²) < 4.78 is 12.7. The number of nitrogens with zero attached hydrogens (tertiary/aromatic N) is 3. The summed E-state index contributed by atoms with van der Waals surface area (Å²) in [6.45, 7) is 0.636. The molecule has 302 valence electrons. The Bertz CT molecular complexity index is 2150. The number of hydrogen-bond acceptors (Lipinski definition) is 9. The highest BCUT2D eigenvalue weighted by molar-refractivity contribution is 7.20. The summed E-state index contributed by atoms with van der Waals surface area (Å²) in [5.41, 5.74) is 14.5. The second-order valence-electron chi connectivity index (χ2n) is 14.3. The van der Waals surface area contributed by atoms with Crippen LogP contribution in [0.5, 0.6) is 0 Å². The lowest BCUT2D eigenvalue weighted by atomic mass is 9.89. The number of halogens is 1. The second kappa shape index (κ2) is 20.7. The van der Waals surface area contributed by atoms with Gasteiger partial charge in [0.1, 0.15) is 12.6 Å². The molecule has 1 fully saturated rings. The molecule has 0 unspecified atom stereocenters. The van der Waals surface area contributed by atoms with Crippen LogP contribution in [0.15, 0.2) is 114 Å². The number of alkyl carbamates (subject to hydrolysis) is 1. The molecule has 4 atom stereocenters. The van der Waals surface area contributed by atoms with Gasteiger partial charge in [-0.1, -0.05) is 96.5 Å². The van der Waals surface area contributed by atoms with E-state index in [-0.39, 0.29) is 63.1 Å². The molecule has 12 nitrogen and oxygen atoms in total. The van der Waals surface area contributed by atoms with E-state index in [4.69, 9.17) is 32.5 Å². The van der Waals surface area contributed by atoms with Crippen LogP contribution in [0.4, 0.5) is 4.79 Å². The number of amides is 2. The predicted octanol–water partition coefficient (Wildman–Crippen LogP) is 6.88. The Balaban J connectivity index is 1.24. The van der Waals surface area contributed by atoms with Crippen LogP contribution in [0.2, 0.25) is 5.02 Å². The molecule has 4 aromatic carbocycles. The van der Waals surface area contributed by atoms with Gasteiger partial charge in [0, 0.05) is 36.9 Å². The molecule has 1 aliphatic rings. The first kappa shape index (κ1) is 42.0. The van der Waals surface area contributed by atoms with Crippen LogP contribution >= 0.6 is 22.9 Å². The third kappa shape index (κ3) is 11.9. The van der Waals surface area contributed by atoms with E-state index in [1.54, 1.807) is 12.1 Å². The van der Waals surface area contributed by atoms with Gasteiger partial charge in [0.2, 0.25) is 5.91 Å². The van der Waals surface area contributed by atoms with E-state index in [9.17, 15) is 19.2 Å². The van der Waals surface area contributed by atoms with Crippen LogP contribution in [0, 0.1) is 5.92 Å². The van der Waals surface area contributed by atoms with Crippen molar-refractivity contribution in [3.63, 3.8) is 0 Å². The molecule has 58 heavy (non-hydrogen) atoms. The van der Waals surface area contributed by atoms with Gasteiger partial charge in [-0.15, -0.1) is 11.3 Å². The molecule has 0 saturated carbocycles. The quantitative estimate of drug-likeness (QED) is 0.0347. The SMILES string of the molecule is NC(N)=NCCC[C@H](CC(=O)[C@@H]1C[C@@H](OCc2ccc(Cl)cc2)CN1C(=O)[C@@H](CCc1ccccc1)NC(=O)OCc1ccccc1)C(=O)c1nc2ccccc2s1. The maximum Gasteiger partial charge on any atom is 0.408 e. The Morgan fingerprint density at radius 3 is 2.24 bits per heavy atom. The van der Waals surface area contributed by atoms with Crippen molar-refractivity contribution in [2.75, 3.05) is 13.1 Å². The number of benzene rings is 4. The van der Waals surface area contributed by atoms with E-state index >= 15 is 0 Å². The van der Waals surface area contributed by atoms with Crippen molar-refractivity contribution in [2.45, 2.75) is 69.9 Å². The van der Waals surface area contributed by atoms with Crippen LogP contribution in [0.1, 0.15) is 58.6 Å². The van der Waals surface area contributed by atoms with Gasteiger partial charge in [0.25, 0.3) is 0 Å². The number of fused-ring (bicyclic) bond motifs is 1. The number of nitrogens with one attached hydrogen (secondary N) is 1.